The number of aliphatic imine (C=N–C) groups is 2. The molecule has 0 bridgehead atoms. The lowest BCUT2D eigenvalue weighted by Gasteiger charge is -2.25. The van der Waals surface area contributed by atoms with Crippen LogP contribution >= 0.6 is 11.3 Å². The van der Waals surface area contributed by atoms with E-state index in [-0.39, 0.29) is 6.17 Å². The van der Waals surface area contributed by atoms with Gasteiger partial charge in [0.1, 0.15) is 23.2 Å². The first-order chi connectivity index (χ1) is 25.7. The minimum absolute atomic E-state index is 0.376. The molecular formula is C47H29N3OS. The van der Waals surface area contributed by atoms with Gasteiger partial charge < -0.3 is 9.73 Å². The molecule has 0 aliphatic carbocycles. The van der Waals surface area contributed by atoms with Crippen molar-refractivity contribution in [1.82, 2.24) is 5.32 Å². The van der Waals surface area contributed by atoms with E-state index in [4.69, 9.17) is 14.4 Å². The predicted octanol–water partition coefficient (Wildman–Crippen LogP) is 12.4. The van der Waals surface area contributed by atoms with Crippen molar-refractivity contribution in [3.8, 4) is 11.1 Å². The van der Waals surface area contributed by atoms with Crippen molar-refractivity contribution in [2.75, 3.05) is 0 Å². The molecule has 11 rings (SSSR count). The van der Waals surface area contributed by atoms with Crippen LogP contribution in [0.25, 0.3) is 74.8 Å². The fourth-order valence-corrected chi connectivity index (χ4v) is 8.98. The zero-order valence-corrected chi connectivity index (χ0v) is 28.7. The Morgan fingerprint density at radius 2 is 1.23 bits per heavy atom. The number of hydrogen-bond donors (Lipinski definition) is 1. The van der Waals surface area contributed by atoms with Crippen molar-refractivity contribution in [3.05, 3.63) is 180 Å². The van der Waals surface area contributed by atoms with Crippen molar-refractivity contribution < 1.29 is 4.42 Å². The second kappa shape index (κ2) is 11.5. The van der Waals surface area contributed by atoms with Gasteiger partial charge in [-0.1, -0.05) is 121 Å². The Morgan fingerprint density at radius 3 is 2.10 bits per heavy atom. The van der Waals surface area contributed by atoms with Gasteiger partial charge in [0.2, 0.25) is 0 Å². The topological polar surface area (TPSA) is 49.9 Å². The molecule has 5 heteroatoms. The molecule has 1 unspecified atom stereocenters. The van der Waals surface area contributed by atoms with Crippen LogP contribution in [0.3, 0.4) is 0 Å². The van der Waals surface area contributed by atoms with E-state index in [1.807, 2.05) is 17.4 Å². The fourth-order valence-electron chi connectivity index (χ4n) is 7.84. The van der Waals surface area contributed by atoms with Gasteiger partial charge in [-0.3, -0.25) is 0 Å². The number of fused-ring (bicyclic) bond motifs is 8. The predicted molar refractivity (Wildman–Crippen MR) is 219 cm³/mol. The summed E-state index contributed by atoms with van der Waals surface area (Å²) in [5.41, 5.74) is 6.93. The maximum atomic E-state index is 6.83. The largest absolute Gasteiger partial charge is 0.455 e. The second-order valence-electron chi connectivity index (χ2n) is 13.4. The Kier molecular flexibility index (Phi) is 6.45. The van der Waals surface area contributed by atoms with Crippen LogP contribution in [0.5, 0.6) is 0 Å². The third kappa shape index (κ3) is 4.60. The van der Waals surface area contributed by atoms with Crippen molar-refractivity contribution in [2.45, 2.75) is 6.17 Å². The van der Waals surface area contributed by atoms with Gasteiger partial charge in [-0.2, -0.15) is 0 Å². The van der Waals surface area contributed by atoms with E-state index in [2.05, 4.69) is 163 Å². The lowest BCUT2D eigenvalue weighted by Crippen LogP contribution is -2.33. The number of thiophene rings is 1. The van der Waals surface area contributed by atoms with E-state index in [1.54, 1.807) is 0 Å². The van der Waals surface area contributed by atoms with E-state index < -0.39 is 0 Å². The molecule has 10 aromatic rings. The highest BCUT2D eigenvalue weighted by atomic mass is 32.1. The molecule has 0 fully saturated rings. The molecule has 1 aliphatic heterocycles. The molecular weight excluding hydrogens is 655 g/mol. The first-order valence-corrected chi connectivity index (χ1v) is 18.3. The van der Waals surface area contributed by atoms with E-state index in [9.17, 15) is 0 Å². The molecule has 244 valence electrons. The average molecular weight is 684 g/mol. The highest BCUT2D eigenvalue weighted by Crippen LogP contribution is 2.42. The maximum absolute atomic E-state index is 6.83. The number of hydrogen-bond acceptors (Lipinski definition) is 5. The minimum Gasteiger partial charge on any atom is -0.455 e. The summed E-state index contributed by atoms with van der Waals surface area (Å²) >= 11 is 1.82. The molecule has 1 atom stereocenters. The Bertz CT molecular complexity index is 3120. The third-order valence-corrected chi connectivity index (χ3v) is 11.4. The van der Waals surface area contributed by atoms with Crippen LogP contribution < -0.4 is 5.32 Å². The first kappa shape index (κ1) is 29.2. The standard InChI is InChI=1S/C47H29N3OS/c1-2-12-29(13-3-1)34-23-24-37(43-38-26-31-15-6-7-16-32(31)27-39(38)51-44(34)43)47-49-45(33-22-21-28-11-4-5-14-30(28)25-33)48-46(50-47)36-18-10-20-41-42(36)35-17-8-9-19-40(35)52-41/h1-27,46H,(H,48,49,50). The summed E-state index contributed by atoms with van der Waals surface area (Å²) < 4.78 is 9.34. The van der Waals surface area contributed by atoms with Crippen LogP contribution in [0.1, 0.15) is 22.9 Å². The van der Waals surface area contributed by atoms with E-state index in [0.29, 0.717) is 5.84 Å². The minimum atomic E-state index is -0.376. The van der Waals surface area contributed by atoms with Crippen LogP contribution in [0.2, 0.25) is 0 Å². The summed E-state index contributed by atoms with van der Waals surface area (Å²) in [5.74, 6) is 1.46. The summed E-state index contributed by atoms with van der Waals surface area (Å²) in [6, 6.07) is 57.9. The Hall–Kier alpha value is -6.56. The Labute approximate surface area is 303 Å². The summed E-state index contributed by atoms with van der Waals surface area (Å²) in [7, 11) is 0. The van der Waals surface area contributed by atoms with E-state index >= 15 is 0 Å². The van der Waals surface area contributed by atoms with Crippen molar-refractivity contribution >= 4 is 86.7 Å². The zero-order valence-electron chi connectivity index (χ0n) is 27.9. The van der Waals surface area contributed by atoms with Gasteiger partial charge in [0.15, 0.2) is 5.84 Å². The molecule has 0 saturated heterocycles. The SMILES string of the molecule is c1ccc(-c2ccc(C3=NC(c4ccc5ccccc5c4)=NC(c4cccc5sc6ccccc6c45)N3)c3c2oc2cc4ccccc4cc23)cc1. The number of amidine groups is 2. The highest BCUT2D eigenvalue weighted by molar-refractivity contribution is 7.25. The van der Waals surface area contributed by atoms with Crippen molar-refractivity contribution in [1.29, 1.82) is 0 Å². The number of benzene rings is 8. The van der Waals surface area contributed by atoms with Gasteiger partial charge >= 0.3 is 0 Å². The molecule has 0 amide bonds. The van der Waals surface area contributed by atoms with Gasteiger partial charge in [-0.05, 0) is 69.6 Å². The Balaban J connectivity index is 1.18. The van der Waals surface area contributed by atoms with Gasteiger partial charge in [-0.15, -0.1) is 11.3 Å². The van der Waals surface area contributed by atoms with E-state index in [0.717, 1.165) is 66.4 Å². The van der Waals surface area contributed by atoms with Crippen LogP contribution in [0, 0.1) is 0 Å². The van der Waals surface area contributed by atoms with Crippen LogP contribution in [-0.2, 0) is 0 Å². The maximum Gasteiger partial charge on any atom is 0.159 e. The molecule has 1 N–H and O–H groups in total. The number of nitrogens with one attached hydrogen (secondary N) is 1. The lowest BCUT2D eigenvalue weighted by molar-refractivity contribution is 0.669. The average Bonchev–Trinajstić information content (AvgIpc) is 3.78. The molecule has 0 saturated carbocycles. The van der Waals surface area contributed by atoms with Crippen LogP contribution in [-0.4, -0.2) is 11.7 Å². The van der Waals surface area contributed by atoms with Crippen molar-refractivity contribution in [3.63, 3.8) is 0 Å². The quantitative estimate of drug-likeness (QED) is 0.201. The lowest BCUT2D eigenvalue weighted by atomic mass is 9.96. The molecule has 8 aromatic carbocycles. The van der Waals surface area contributed by atoms with Gasteiger partial charge in [0.25, 0.3) is 0 Å². The zero-order chi connectivity index (χ0) is 34.2. The molecule has 2 aromatic heterocycles. The number of rotatable bonds is 4. The first-order valence-electron chi connectivity index (χ1n) is 17.5. The van der Waals surface area contributed by atoms with Crippen LogP contribution in [0.4, 0.5) is 0 Å². The van der Waals surface area contributed by atoms with Gasteiger partial charge in [0, 0.05) is 53.2 Å². The molecule has 1 aliphatic rings. The molecule has 0 spiro atoms. The van der Waals surface area contributed by atoms with Gasteiger partial charge in [-0.25, -0.2) is 9.98 Å². The number of furan rings is 1. The Morgan fingerprint density at radius 1 is 0.519 bits per heavy atom. The molecule has 3 heterocycles. The fraction of sp³-hybridized carbons (Fsp3) is 0.0213. The van der Waals surface area contributed by atoms with E-state index in [1.165, 1.54) is 30.9 Å². The monoisotopic (exact) mass is 683 g/mol. The highest BCUT2D eigenvalue weighted by Gasteiger charge is 2.27. The van der Waals surface area contributed by atoms with Gasteiger partial charge in [0.05, 0.1) is 0 Å². The summed E-state index contributed by atoms with van der Waals surface area (Å²) in [4.78, 5) is 10.7. The summed E-state index contributed by atoms with van der Waals surface area (Å²) in [5, 5.41) is 13.1. The molecule has 0 radical (unpaired) electrons. The smallest absolute Gasteiger partial charge is 0.159 e. The normalized spacial score (nSPS) is 14.7. The number of nitrogens with zero attached hydrogens (tertiary/aromatic N) is 2. The summed E-state index contributed by atoms with van der Waals surface area (Å²) in [6.45, 7) is 0. The van der Waals surface area contributed by atoms with Crippen molar-refractivity contribution in [2.24, 2.45) is 9.98 Å². The molecule has 52 heavy (non-hydrogen) atoms. The summed E-state index contributed by atoms with van der Waals surface area (Å²) in [6.07, 6.45) is -0.376. The second-order valence-corrected chi connectivity index (χ2v) is 14.5. The molecule has 4 nitrogen and oxygen atoms in total. The third-order valence-electron chi connectivity index (χ3n) is 10.3. The van der Waals surface area contributed by atoms with Crippen LogP contribution in [0.15, 0.2) is 178 Å².